The molecule has 0 bridgehead atoms. The lowest BCUT2D eigenvalue weighted by atomic mass is 10.2. The molecule has 0 unspecified atom stereocenters. The molecular weight excluding hydrogens is 356 g/mol. The van der Waals surface area contributed by atoms with Gasteiger partial charge in [-0.25, -0.2) is 9.59 Å². The van der Waals surface area contributed by atoms with Crippen LogP contribution in [-0.2, 0) is 9.47 Å². The zero-order valence-electron chi connectivity index (χ0n) is 17.3. The second kappa shape index (κ2) is 8.33. The molecule has 6 nitrogen and oxygen atoms in total. The van der Waals surface area contributed by atoms with Crippen LogP contribution in [0.3, 0.4) is 0 Å². The number of hydrogen-bond acceptors (Lipinski definition) is 4. The average Bonchev–Trinajstić information content (AvgIpc) is 2.57. The summed E-state index contributed by atoms with van der Waals surface area (Å²) in [6.45, 7) is 10.6. The van der Waals surface area contributed by atoms with Gasteiger partial charge in [0.15, 0.2) is 0 Å². The Morgan fingerprint density at radius 3 is 1.14 bits per heavy atom. The summed E-state index contributed by atoms with van der Waals surface area (Å²) < 4.78 is 11.1. The lowest BCUT2D eigenvalue weighted by molar-refractivity contribution is 0.0479. The molecule has 2 aromatic carbocycles. The van der Waals surface area contributed by atoms with Crippen LogP contribution in [0.5, 0.6) is 0 Å². The zero-order chi connectivity index (χ0) is 20.9. The maximum Gasteiger partial charge on any atom is 0.434 e. The first-order chi connectivity index (χ1) is 13.0. The number of nitrogens with zero attached hydrogens (tertiary/aromatic N) is 2. The molecular formula is C22H28N2O4. The highest BCUT2D eigenvalue weighted by molar-refractivity contribution is 6.01. The highest BCUT2D eigenvalue weighted by atomic mass is 16.6. The van der Waals surface area contributed by atoms with Crippen molar-refractivity contribution in [1.29, 1.82) is 0 Å². The number of amides is 2. The van der Waals surface area contributed by atoms with Gasteiger partial charge in [0.05, 0.1) is 11.4 Å². The molecule has 0 heterocycles. The van der Waals surface area contributed by atoms with Crippen LogP contribution < -0.4 is 10.0 Å². The van der Waals surface area contributed by atoms with Gasteiger partial charge in [-0.2, -0.15) is 10.0 Å². The quantitative estimate of drug-likeness (QED) is 0.615. The van der Waals surface area contributed by atoms with Gasteiger partial charge in [0.25, 0.3) is 0 Å². The van der Waals surface area contributed by atoms with Gasteiger partial charge in [0.1, 0.15) is 11.2 Å². The molecule has 150 valence electrons. The van der Waals surface area contributed by atoms with Crippen LogP contribution in [0.15, 0.2) is 60.7 Å². The summed E-state index contributed by atoms with van der Waals surface area (Å²) in [6.07, 6.45) is -1.37. The molecule has 2 aromatic rings. The second-order valence-electron chi connectivity index (χ2n) is 8.26. The van der Waals surface area contributed by atoms with Crippen molar-refractivity contribution in [2.45, 2.75) is 52.7 Å². The zero-order valence-corrected chi connectivity index (χ0v) is 17.3. The van der Waals surface area contributed by atoms with Gasteiger partial charge in [-0.05, 0) is 65.8 Å². The van der Waals surface area contributed by atoms with Crippen molar-refractivity contribution in [3.8, 4) is 0 Å². The van der Waals surface area contributed by atoms with E-state index in [4.69, 9.17) is 9.47 Å². The maximum atomic E-state index is 13.1. The highest BCUT2D eigenvalue weighted by Crippen LogP contribution is 2.27. The molecule has 0 aliphatic carbocycles. The van der Waals surface area contributed by atoms with E-state index in [0.717, 1.165) is 0 Å². The highest BCUT2D eigenvalue weighted by Gasteiger charge is 2.35. The Morgan fingerprint density at radius 1 is 0.607 bits per heavy atom. The number of carbonyl (C=O) groups excluding carboxylic acids is 2. The summed E-state index contributed by atoms with van der Waals surface area (Å²) in [5, 5.41) is 2.38. The Labute approximate surface area is 166 Å². The maximum absolute atomic E-state index is 13.1. The molecule has 2 amide bonds. The Morgan fingerprint density at radius 2 is 0.893 bits per heavy atom. The molecule has 0 fully saturated rings. The van der Waals surface area contributed by atoms with Crippen molar-refractivity contribution in [1.82, 2.24) is 0 Å². The van der Waals surface area contributed by atoms with E-state index in [9.17, 15) is 9.59 Å². The number of hydrazine groups is 1. The summed E-state index contributed by atoms with van der Waals surface area (Å²) in [6, 6.07) is 17.7. The molecule has 6 heteroatoms. The van der Waals surface area contributed by atoms with Crippen molar-refractivity contribution in [3.05, 3.63) is 60.7 Å². The van der Waals surface area contributed by atoms with E-state index in [1.165, 1.54) is 10.0 Å². The Kier molecular flexibility index (Phi) is 6.33. The van der Waals surface area contributed by atoms with E-state index >= 15 is 0 Å². The van der Waals surface area contributed by atoms with Crippen LogP contribution in [0, 0.1) is 0 Å². The number of para-hydroxylation sites is 2. The summed E-state index contributed by atoms with van der Waals surface area (Å²) in [5.41, 5.74) is -0.515. The molecule has 0 saturated heterocycles. The van der Waals surface area contributed by atoms with Crippen LogP contribution in [0.1, 0.15) is 41.5 Å². The molecule has 0 aromatic heterocycles. The van der Waals surface area contributed by atoms with Crippen molar-refractivity contribution >= 4 is 23.6 Å². The van der Waals surface area contributed by atoms with Gasteiger partial charge in [-0.15, -0.1) is 0 Å². The van der Waals surface area contributed by atoms with E-state index in [1.807, 2.05) is 12.1 Å². The third kappa shape index (κ3) is 6.01. The Bertz CT molecular complexity index is 723. The topological polar surface area (TPSA) is 59.1 Å². The van der Waals surface area contributed by atoms with Crippen LogP contribution in [0.4, 0.5) is 21.0 Å². The minimum atomic E-state index is -0.736. The fourth-order valence-electron chi connectivity index (χ4n) is 2.35. The van der Waals surface area contributed by atoms with E-state index in [0.29, 0.717) is 11.4 Å². The van der Waals surface area contributed by atoms with E-state index in [1.54, 1.807) is 90.1 Å². The predicted molar refractivity (Wildman–Crippen MR) is 110 cm³/mol. The van der Waals surface area contributed by atoms with E-state index in [2.05, 4.69) is 0 Å². The number of anilines is 2. The van der Waals surface area contributed by atoms with Gasteiger partial charge in [0.2, 0.25) is 0 Å². The number of carbonyl (C=O) groups is 2. The first kappa shape index (κ1) is 21.3. The van der Waals surface area contributed by atoms with Crippen LogP contribution >= 0.6 is 0 Å². The third-order valence-corrected chi connectivity index (χ3v) is 3.33. The van der Waals surface area contributed by atoms with Gasteiger partial charge in [-0.1, -0.05) is 36.4 Å². The van der Waals surface area contributed by atoms with Crippen molar-refractivity contribution in [2.75, 3.05) is 10.0 Å². The first-order valence-corrected chi connectivity index (χ1v) is 9.14. The molecule has 0 saturated carbocycles. The second-order valence-corrected chi connectivity index (χ2v) is 8.26. The van der Waals surface area contributed by atoms with Gasteiger partial charge in [0, 0.05) is 0 Å². The van der Waals surface area contributed by atoms with E-state index in [-0.39, 0.29) is 0 Å². The lowest BCUT2D eigenvalue weighted by Crippen LogP contribution is -2.53. The average molecular weight is 384 g/mol. The molecule has 2 rings (SSSR count). The summed E-state index contributed by atoms with van der Waals surface area (Å²) >= 11 is 0. The van der Waals surface area contributed by atoms with Gasteiger partial charge >= 0.3 is 12.2 Å². The molecule has 0 radical (unpaired) electrons. The summed E-state index contributed by atoms with van der Waals surface area (Å²) in [7, 11) is 0. The number of ether oxygens (including phenoxy) is 2. The van der Waals surface area contributed by atoms with Crippen molar-refractivity contribution in [3.63, 3.8) is 0 Å². The molecule has 0 N–H and O–H groups in total. The van der Waals surface area contributed by atoms with E-state index < -0.39 is 23.4 Å². The molecule has 0 atom stereocenters. The predicted octanol–water partition coefficient (Wildman–Crippen LogP) is 5.78. The van der Waals surface area contributed by atoms with Gasteiger partial charge in [-0.3, -0.25) is 0 Å². The van der Waals surface area contributed by atoms with Crippen molar-refractivity contribution < 1.29 is 19.1 Å². The summed E-state index contributed by atoms with van der Waals surface area (Å²) in [5.74, 6) is 0. The molecule has 0 spiro atoms. The molecule has 0 aliphatic heterocycles. The number of hydrogen-bond donors (Lipinski definition) is 0. The van der Waals surface area contributed by atoms with Crippen molar-refractivity contribution in [2.24, 2.45) is 0 Å². The van der Waals surface area contributed by atoms with Crippen LogP contribution in [0.2, 0.25) is 0 Å². The Balaban J connectivity index is 2.57. The van der Waals surface area contributed by atoms with Crippen LogP contribution in [-0.4, -0.2) is 23.4 Å². The number of rotatable bonds is 2. The fraction of sp³-hybridized carbons (Fsp3) is 0.364. The molecule has 28 heavy (non-hydrogen) atoms. The third-order valence-electron chi connectivity index (χ3n) is 3.33. The Hall–Kier alpha value is -3.02. The first-order valence-electron chi connectivity index (χ1n) is 9.14. The largest absolute Gasteiger partial charge is 0.442 e. The minimum Gasteiger partial charge on any atom is -0.442 e. The van der Waals surface area contributed by atoms with Gasteiger partial charge < -0.3 is 9.47 Å². The molecule has 0 aliphatic rings. The lowest BCUT2D eigenvalue weighted by Gasteiger charge is -2.36. The smallest absolute Gasteiger partial charge is 0.434 e. The van der Waals surface area contributed by atoms with Crippen LogP contribution in [0.25, 0.3) is 0 Å². The SMILES string of the molecule is CC(C)(C)OC(=O)N(c1ccccc1)N(C(=O)OC(C)(C)C)c1ccccc1. The normalized spacial score (nSPS) is 11.5. The minimum absolute atomic E-state index is 0.478. The fourth-order valence-corrected chi connectivity index (χ4v) is 2.35. The monoisotopic (exact) mass is 384 g/mol. The number of benzene rings is 2. The standard InChI is InChI=1S/C22H28N2O4/c1-21(2,3)27-19(25)23(17-13-9-7-10-14-17)24(18-15-11-8-12-16-18)20(26)28-22(4,5)6/h7-16H,1-6H3. The summed E-state index contributed by atoms with van der Waals surface area (Å²) in [4.78, 5) is 26.2.